The van der Waals surface area contributed by atoms with Crippen molar-refractivity contribution in [1.29, 1.82) is 0 Å². The maximum atomic E-state index is 7.05. The second kappa shape index (κ2) is 5.85. The Morgan fingerprint density at radius 1 is 1.20 bits per heavy atom. The first-order valence-corrected chi connectivity index (χ1v) is 12.7. The SMILES string of the molecule is CC1(C)CC[C@H](O[Si](C)(C)C(C)(C)C)[C@@]2(C)C(c3ccoc3)=CC[C@@H]12. The van der Waals surface area contributed by atoms with Crippen molar-refractivity contribution in [1.82, 2.24) is 0 Å². The summed E-state index contributed by atoms with van der Waals surface area (Å²) in [5, 5.41) is 0.240. The zero-order chi connectivity index (χ0) is 18.7. The molecule has 0 amide bonds. The molecule has 1 aromatic rings. The van der Waals surface area contributed by atoms with E-state index >= 15 is 0 Å². The first-order chi connectivity index (χ1) is 11.4. The van der Waals surface area contributed by atoms with E-state index in [-0.39, 0.29) is 10.5 Å². The van der Waals surface area contributed by atoms with Gasteiger partial charge in [0.2, 0.25) is 0 Å². The third kappa shape index (κ3) is 2.97. The van der Waals surface area contributed by atoms with Gasteiger partial charge in [0, 0.05) is 11.0 Å². The molecule has 3 atom stereocenters. The van der Waals surface area contributed by atoms with E-state index in [9.17, 15) is 0 Å². The van der Waals surface area contributed by atoms with Crippen LogP contribution in [-0.2, 0) is 4.43 Å². The Hall–Kier alpha value is -0.803. The van der Waals surface area contributed by atoms with Crippen LogP contribution in [0.3, 0.4) is 0 Å². The normalized spacial score (nSPS) is 32.4. The van der Waals surface area contributed by atoms with Gasteiger partial charge in [-0.25, -0.2) is 0 Å². The number of fused-ring (bicyclic) bond motifs is 1. The number of hydrogen-bond acceptors (Lipinski definition) is 2. The number of furan rings is 1. The number of allylic oxidation sites excluding steroid dienone is 1. The predicted molar refractivity (Wildman–Crippen MR) is 108 cm³/mol. The fourth-order valence-electron chi connectivity index (χ4n) is 4.95. The standard InChI is InChI=1S/C22H36O2Si/c1-20(2,3)25(7,8)24-19-11-13-21(4,5)18-10-9-17(22(18,19)6)16-12-14-23-15-16/h9,12,14-15,18-19H,10-11,13H2,1-8H3/t18-,19-,22-/m0/s1. The summed E-state index contributed by atoms with van der Waals surface area (Å²) >= 11 is 0. The summed E-state index contributed by atoms with van der Waals surface area (Å²) in [5.74, 6) is 0.633. The number of rotatable bonds is 3. The zero-order valence-corrected chi connectivity index (χ0v) is 18.4. The van der Waals surface area contributed by atoms with Gasteiger partial charge in [-0.3, -0.25) is 0 Å². The van der Waals surface area contributed by atoms with E-state index in [4.69, 9.17) is 8.84 Å². The maximum absolute atomic E-state index is 7.05. The molecule has 1 saturated carbocycles. The molecule has 0 saturated heterocycles. The van der Waals surface area contributed by atoms with Gasteiger partial charge in [-0.05, 0) is 60.4 Å². The van der Waals surface area contributed by atoms with E-state index in [0.717, 1.165) is 12.8 Å². The molecule has 3 rings (SSSR count). The molecule has 0 aromatic carbocycles. The van der Waals surface area contributed by atoms with Crippen LogP contribution in [-0.4, -0.2) is 14.4 Å². The molecule has 2 aliphatic carbocycles. The van der Waals surface area contributed by atoms with Crippen LogP contribution in [0.2, 0.25) is 18.1 Å². The van der Waals surface area contributed by atoms with E-state index in [1.54, 1.807) is 6.26 Å². The Morgan fingerprint density at radius 3 is 2.44 bits per heavy atom. The van der Waals surface area contributed by atoms with Gasteiger partial charge >= 0.3 is 0 Å². The molecule has 0 spiro atoms. The highest BCUT2D eigenvalue weighted by atomic mass is 28.4. The van der Waals surface area contributed by atoms with Crippen molar-refractivity contribution in [3.63, 3.8) is 0 Å². The molecule has 0 aliphatic heterocycles. The van der Waals surface area contributed by atoms with Crippen LogP contribution >= 0.6 is 0 Å². The highest BCUT2D eigenvalue weighted by Crippen LogP contribution is 2.63. The van der Waals surface area contributed by atoms with Crippen molar-refractivity contribution >= 4 is 13.9 Å². The van der Waals surface area contributed by atoms with Gasteiger partial charge < -0.3 is 8.84 Å². The van der Waals surface area contributed by atoms with Crippen molar-refractivity contribution in [3.05, 3.63) is 30.2 Å². The van der Waals surface area contributed by atoms with Crippen LogP contribution in [0.15, 0.2) is 29.1 Å². The third-order valence-electron chi connectivity index (χ3n) is 7.60. The molecule has 25 heavy (non-hydrogen) atoms. The lowest BCUT2D eigenvalue weighted by atomic mass is 9.54. The molecule has 1 heterocycles. The van der Waals surface area contributed by atoms with Crippen molar-refractivity contribution < 1.29 is 8.84 Å². The van der Waals surface area contributed by atoms with Gasteiger partial charge in [0.05, 0.1) is 18.6 Å². The third-order valence-corrected chi connectivity index (χ3v) is 12.1. The molecule has 0 bridgehead atoms. The lowest BCUT2D eigenvalue weighted by Gasteiger charge is -2.55. The van der Waals surface area contributed by atoms with Crippen molar-refractivity contribution in [2.75, 3.05) is 0 Å². The monoisotopic (exact) mass is 360 g/mol. The van der Waals surface area contributed by atoms with Gasteiger partial charge in [-0.2, -0.15) is 0 Å². The Labute approximate surface area is 155 Å². The fourth-order valence-corrected chi connectivity index (χ4v) is 6.38. The highest BCUT2D eigenvalue weighted by Gasteiger charge is 2.58. The topological polar surface area (TPSA) is 22.4 Å². The maximum Gasteiger partial charge on any atom is 0.192 e. The first kappa shape index (κ1) is 19.0. The molecule has 1 fully saturated rings. The smallest absolute Gasteiger partial charge is 0.192 e. The second-order valence-corrected chi connectivity index (χ2v) is 15.4. The summed E-state index contributed by atoms with van der Waals surface area (Å²) in [4.78, 5) is 0. The van der Waals surface area contributed by atoms with Crippen LogP contribution in [0.5, 0.6) is 0 Å². The van der Waals surface area contributed by atoms with E-state index in [1.165, 1.54) is 17.6 Å². The van der Waals surface area contributed by atoms with Gasteiger partial charge in [0.1, 0.15) is 0 Å². The van der Waals surface area contributed by atoms with Gasteiger partial charge in [0.15, 0.2) is 8.32 Å². The molecular weight excluding hydrogens is 324 g/mol. The lowest BCUT2D eigenvalue weighted by molar-refractivity contribution is -0.0490. The van der Waals surface area contributed by atoms with Gasteiger partial charge in [-0.15, -0.1) is 0 Å². The molecule has 2 aliphatic rings. The molecule has 2 nitrogen and oxygen atoms in total. The number of hydrogen-bond donors (Lipinski definition) is 0. The minimum atomic E-state index is -1.81. The molecule has 3 heteroatoms. The Kier molecular flexibility index (Phi) is 4.44. The fraction of sp³-hybridized carbons (Fsp3) is 0.727. The Balaban J connectivity index is 2.00. The quantitative estimate of drug-likeness (QED) is 0.547. The minimum Gasteiger partial charge on any atom is -0.472 e. The van der Waals surface area contributed by atoms with E-state index in [2.05, 4.69) is 66.8 Å². The summed E-state index contributed by atoms with van der Waals surface area (Å²) in [6.07, 6.45) is 10.0. The van der Waals surface area contributed by atoms with Crippen LogP contribution in [0.4, 0.5) is 0 Å². The van der Waals surface area contributed by atoms with E-state index in [1.807, 2.05) is 6.26 Å². The van der Waals surface area contributed by atoms with Crippen LogP contribution in [0, 0.1) is 16.7 Å². The summed E-state index contributed by atoms with van der Waals surface area (Å²) in [7, 11) is -1.81. The Morgan fingerprint density at radius 2 is 1.88 bits per heavy atom. The van der Waals surface area contributed by atoms with Crippen molar-refractivity contribution in [2.24, 2.45) is 16.7 Å². The molecule has 1 aromatic heterocycles. The summed E-state index contributed by atoms with van der Waals surface area (Å²) < 4.78 is 12.5. The Bertz CT molecular complexity index is 648. The largest absolute Gasteiger partial charge is 0.472 e. The van der Waals surface area contributed by atoms with Crippen molar-refractivity contribution in [3.8, 4) is 0 Å². The first-order valence-electron chi connectivity index (χ1n) is 9.80. The van der Waals surface area contributed by atoms with Crippen molar-refractivity contribution in [2.45, 2.75) is 85.0 Å². The van der Waals surface area contributed by atoms with Crippen LogP contribution in [0.25, 0.3) is 5.57 Å². The average Bonchev–Trinajstić information content (AvgIpc) is 3.08. The van der Waals surface area contributed by atoms with Gasteiger partial charge in [-0.1, -0.05) is 47.6 Å². The predicted octanol–water partition coefficient (Wildman–Crippen LogP) is 6.90. The summed E-state index contributed by atoms with van der Waals surface area (Å²) in [6.45, 7) is 19.2. The van der Waals surface area contributed by atoms with Crippen LogP contribution in [0.1, 0.15) is 66.4 Å². The van der Waals surface area contributed by atoms with Crippen LogP contribution < -0.4 is 0 Å². The lowest BCUT2D eigenvalue weighted by Crippen LogP contribution is -2.55. The van der Waals surface area contributed by atoms with E-state index in [0.29, 0.717) is 17.4 Å². The minimum absolute atomic E-state index is 0.0706. The molecule has 0 radical (unpaired) electrons. The second-order valence-electron chi connectivity index (χ2n) is 10.6. The molecule has 0 N–H and O–H groups in total. The molecular formula is C22H36O2Si. The van der Waals surface area contributed by atoms with Gasteiger partial charge in [0.25, 0.3) is 0 Å². The summed E-state index contributed by atoms with van der Waals surface area (Å²) in [6, 6.07) is 2.12. The average molecular weight is 361 g/mol. The summed E-state index contributed by atoms with van der Waals surface area (Å²) in [5.41, 5.74) is 3.11. The zero-order valence-electron chi connectivity index (χ0n) is 17.4. The van der Waals surface area contributed by atoms with E-state index < -0.39 is 8.32 Å². The highest BCUT2D eigenvalue weighted by molar-refractivity contribution is 6.74. The molecule has 0 unspecified atom stereocenters. The molecule has 140 valence electrons.